The van der Waals surface area contributed by atoms with Gasteiger partial charge in [0, 0.05) is 18.7 Å². The molecule has 0 aliphatic rings. The number of nitrogens with zero attached hydrogens (tertiary/aromatic N) is 2. The van der Waals surface area contributed by atoms with Crippen molar-refractivity contribution < 1.29 is 9.32 Å². The second kappa shape index (κ2) is 7.07. The highest BCUT2D eigenvalue weighted by Crippen LogP contribution is 2.26. The van der Waals surface area contributed by atoms with Gasteiger partial charge < -0.3 is 9.42 Å². The Bertz CT molecular complexity index is 590. The van der Waals surface area contributed by atoms with E-state index in [0.29, 0.717) is 23.6 Å². The highest BCUT2D eigenvalue weighted by molar-refractivity contribution is 6.00. The minimum atomic E-state index is 0.00329. The molecule has 0 bridgehead atoms. The third-order valence-electron chi connectivity index (χ3n) is 3.57. The van der Waals surface area contributed by atoms with Crippen LogP contribution in [0.15, 0.2) is 34.9 Å². The summed E-state index contributed by atoms with van der Waals surface area (Å²) in [5.41, 5.74) is 2.12. The fourth-order valence-corrected chi connectivity index (χ4v) is 2.33. The van der Waals surface area contributed by atoms with E-state index in [-0.39, 0.29) is 5.91 Å². The number of hydrogen-bond acceptors (Lipinski definition) is 3. The number of unbranched alkanes of at least 4 members (excludes halogenated alkanes) is 1. The third-order valence-corrected chi connectivity index (χ3v) is 3.57. The molecule has 0 radical (unpaired) electrons. The first-order chi connectivity index (χ1) is 10.2. The fourth-order valence-electron chi connectivity index (χ4n) is 2.33. The van der Waals surface area contributed by atoms with Gasteiger partial charge in [-0.1, -0.05) is 48.8 Å². The predicted octanol–water partition coefficient (Wildman–Crippen LogP) is 3.91. The molecule has 1 aromatic heterocycles. The molecule has 0 atom stereocenters. The molecule has 0 saturated heterocycles. The van der Waals surface area contributed by atoms with Gasteiger partial charge in [0.1, 0.15) is 17.0 Å². The normalized spacial score (nSPS) is 10.6. The van der Waals surface area contributed by atoms with Crippen LogP contribution in [-0.4, -0.2) is 29.1 Å². The van der Waals surface area contributed by atoms with Crippen molar-refractivity contribution in [2.24, 2.45) is 0 Å². The van der Waals surface area contributed by atoms with Crippen LogP contribution in [0.25, 0.3) is 11.3 Å². The van der Waals surface area contributed by atoms with E-state index in [1.807, 2.05) is 42.2 Å². The molecule has 4 heteroatoms. The number of carbonyl (C=O) groups excluding carboxylic acids is 1. The van der Waals surface area contributed by atoms with Crippen LogP contribution in [0.2, 0.25) is 0 Å². The number of rotatable bonds is 6. The number of aromatic nitrogens is 1. The Morgan fingerprint density at radius 3 is 2.57 bits per heavy atom. The maximum absolute atomic E-state index is 12.8. The lowest BCUT2D eigenvalue weighted by atomic mass is 10.1. The summed E-state index contributed by atoms with van der Waals surface area (Å²) in [5, 5.41) is 4.08. The van der Waals surface area contributed by atoms with Crippen molar-refractivity contribution in [3.05, 3.63) is 41.7 Å². The van der Waals surface area contributed by atoms with Crippen LogP contribution in [0.5, 0.6) is 0 Å². The Balaban J connectivity index is 2.35. The molecule has 21 heavy (non-hydrogen) atoms. The molecule has 0 spiro atoms. The van der Waals surface area contributed by atoms with E-state index in [2.05, 4.69) is 12.1 Å². The van der Waals surface area contributed by atoms with Gasteiger partial charge in [-0.3, -0.25) is 4.79 Å². The van der Waals surface area contributed by atoms with Crippen LogP contribution >= 0.6 is 0 Å². The Morgan fingerprint density at radius 2 is 1.95 bits per heavy atom. The van der Waals surface area contributed by atoms with Crippen molar-refractivity contribution in [1.29, 1.82) is 0 Å². The molecular formula is C17H22N2O2. The molecule has 0 unspecified atom stereocenters. The molecule has 1 aromatic carbocycles. The fraction of sp³-hybridized carbons (Fsp3) is 0.412. The molecule has 4 nitrogen and oxygen atoms in total. The molecule has 0 aliphatic carbocycles. The molecule has 0 saturated carbocycles. The maximum atomic E-state index is 12.8. The molecule has 2 rings (SSSR count). The Kier molecular flexibility index (Phi) is 5.14. The van der Waals surface area contributed by atoms with Gasteiger partial charge >= 0.3 is 0 Å². The van der Waals surface area contributed by atoms with Crippen LogP contribution in [-0.2, 0) is 0 Å². The van der Waals surface area contributed by atoms with Gasteiger partial charge in [0.15, 0.2) is 0 Å². The maximum Gasteiger partial charge on any atom is 0.259 e. The van der Waals surface area contributed by atoms with E-state index in [4.69, 9.17) is 4.52 Å². The van der Waals surface area contributed by atoms with E-state index in [1.165, 1.54) is 0 Å². The zero-order valence-corrected chi connectivity index (χ0v) is 12.9. The van der Waals surface area contributed by atoms with Crippen molar-refractivity contribution in [1.82, 2.24) is 10.1 Å². The van der Waals surface area contributed by atoms with Crippen molar-refractivity contribution in [2.45, 2.75) is 33.6 Å². The quantitative estimate of drug-likeness (QED) is 0.808. The summed E-state index contributed by atoms with van der Waals surface area (Å²) in [6.45, 7) is 7.37. The second-order valence-electron chi connectivity index (χ2n) is 5.07. The summed E-state index contributed by atoms with van der Waals surface area (Å²) in [7, 11) is 0. The molecule has 2 aromatic rings. The van der Waals surface area contributed by atoms with Gasteiger partial charge in [0.05, 0.1) is 0 Å². The van der Waals surface area contributed by atoms with Gasteiger partial charge in [0.2, 0.25) is 0 Å². The lowest BCUT2D eigenvalue weighted by Gasteiger charge is -2.20. The first-order valence-electron chi connectivity index (χ1n) is 7.50. The van der Waals surface area contributed by atoms with Gasteiger partial charge in [-0.15, -0.1) is 0 Å². The molecule has 0 fully saturated rings. The summed E-state index contributed by atoms with van der Waals surface area (Å²) < 4.78 is 5.27. The molecule has 1 amide bonds. The Morgan fingerprint density at radius 1 is 1.24 bits per heavy atom. The first kappa shape index (κ1) is 15.3. The number of benzene rings is 1. The van der Waals surface area contributed by atoms with Crippen molar-refractivity contribution in [3.63, 3.8) is 0 Å². The molecule has 112 valence electrons. The lowest BCUT2D eigenvalue weighted by molar-refractivity contribution is 0.0761. The molecular weight excluding hydrogens is 264 g/mol. The summed E-state index contributed by atoms with van der Waals surface area (Å²) in [6, 6.07) is 9.69. The monoisotopic (exact) mass is 286 g/mol. The van der Waals surface area contributed by atoms with Crippen LogP contribution in [0.3, 0.4) is 0 Å². The summed E-state index contributed by atoms with van der Waals surface area (Å²) in [5.74, 6) is 0.581. The standard InChI is InChI=1S/C17H22N2O2/c1-4-6-12-19(5-2)17(20)15-13(3)21-18-16(15)14-10-8-7-9-11-14/h7-11H,4-6,12H2,1-3H3. The highest BCUT2D eigenvalue weighted by atomic mass is 16.5. The number of amides is 1. The smallest absolute Gasteiger partial charge is 0.259 e. The van der Waals surface area contributed by atoms with Crippen LogP contribution in [0, 0.1) is 6.92 Å². The molecule has 0 N–H and O–H groups in total. The average molecular weight is 286 g/mol. The van der Waals surface area contributed by atoms with Crippen LogP contribution < -0.4 is 0 Å². The largest absolute Gasteiger partial charge is 0.360 e. The van der Waals surface area contributed by atoms with Gasteiger partial charge in [-0.25, -0.2) is 0 Å². The zero-order chi connectivity index (χ0) is 15.2. The van der Waals surface area contributed by atoms with E-state index >= 15 is 0 Å². The summed E-state index contributed by atoms with van der Waals surface area (Å²) >= 11 is 0. The zero-order valence-electron chi connectivity index (χ0n) is 12.9. The minimum absolute atomic E-state index is 0.00329. The number of aryl methyl sites for hydroxylation is 1. The van der Waals surface area contributed by atoms with E-state index in [1.54, 1.807) is 6.92 Å². The van der Waals surface area contributed by atoms with Crippen LogP contribution in [0.1, 0.15) is 42.8 Å². The third kappa shape index (κ3) is 3.32. The highest BCUT2D eigenvalue weighted by Gasteiger charge is 2.24. The number of hydrogen-bond donors (Lipinski definition) is 0. The van der Waals surface area contributed by atoms with Crippen molar-refractivity contribution in [3.8, 4) is 11.3 Å². The van der Waals surface area contributed by atoms with Gasteiger partial charge in [0.25, 0.3) is 5.91 Å². The van der Waals surface area contributed by atoms with Crippen LogP contribution in [0.4, 0.5) is 0 Å². The molecule has 0 aliphatic heterocycles. The topological polar surface area (TPSA) is 46.3 Å². The average Bonchev–Trinajstić information content (AvgIpc) is 2.90. The predicted molar refractivity (Wildman–Crippen MR) is 83.2 cm³/mol. The van der Waals surface area contributed by atoms with Crippen molar-refractivity contribution in [2.75, 3.05) is 13.1 Å². The van der Waals surface area contributed by atoms with Crippen molar-refractivity contribution >= 4 is 5.91 Å². The van der Waals surface area contributed by atoms with Gasteiger partial charge in [-0.2, -0.15) is 0 Å². The number of carbonyl (C=O) groups is 1. The van der Waals surface area contributed by atoms with E-state index in [9.17, 15) is 4.79 Å². The molecule has 1 heterocycles. The lowest BCUT2D eigenvalue weighted by Crippen LogP contribution is -2.32. The summed E-state index contributed by atoms with van der Waals surface area (Å²) in [6.07, 6.45) is 2.07. The second-order valence-corrected chi connectivity index (χ2v) is 5.07. The SMILES string of the molecule is CCCCN(CC)C(=O)c1c(-c2ccccc2)noc1C. The first-order valence-corrected chi connectivity index (χ1v) is 7.50. The van der Waals surface area contributed by atoms with E-state index in [0.717, 1.165) is 24.9 Å². The minimum Gasteiger partial charge on any atom is -0.360 e. The van der Waals surface area contributed by atoms with Gasteiger partial charge in [-0.05, 0) is 20.3 Å². The summed E-state index contributed by atoms with van der Waals surface area (Å²) in [4.78, 5) is 14.6. The Hall–Kier alpha value is -2.10. The van der Waals surface area contributed by atoms with E-state index < -0.39 is 0 Å². The Labute approximate surface area is 125 Å².